The predicted octanol–water partition coefficient (Wildman–Crippen LogP) is 9.14. The van der Waals surface area contributed by atoms with E-state index in [2.05, 4.69) is 24.3 Å². The maximum atomic E-state index is 12.7. The molecule has 0 saturated heterocycles. The minimum atomic E-state index is -1.35. The van der Waals surface area contributed by atoms with Gasteiger partial charge < -0.3 is 14.6 Å². The lowest BCUT2D eigenvalue weighted by molar-refractivity contribution is 0.131. The highest BCUT2D eigenvalue weighted by atomic mass is 16.3. The van der Waals surface area contributed by atoms with E-state index >= 15 is 0 Å². The van der Waals surface area contributed by atoms with Gasteiger partial charge in [-0.15, -0.1) is 0 Å². The monoisotopic (exact) mass is 580 g/mol. The number of aliphatic hydroxyl groups is 2. The number of benzene rings is 6. The fourth-order valence-electron chi connectivity index (χ4n) is 7.66. The molecule has 2 aliphatic rings. The standard InChI is InChI=1S/C42H28O3/c43-41(33-19-7-1-13-27(33)28-14-2-8-20-34(28)41)37-23-11-5-17-31(37)39-25-26-40(45-39)32-18-6-12-24-38(32)42(44)35-21-9-3-15-29(35)30-16-4-10-22-36(30)42/h1-26,43-44H. The van der Waals surface area contributed by atoms with Crippen molar-refractivity contribution in [2.45, 2.75) is 11.2 Å². The summed E-state index contributed by atoms with van der Waals surface area (Å²) in [6, 6.07) is 52.0. The summed E-state index contributed by atoms with van der Waals surface area (Å²) >= 11 is 0. The summed E-state index contributed by atoms with van der Waals surface area (Å²) in [6.07, 6.45) is 0. The Morgan fingerprint density at radius 3 is 0.800 bits per heavy atom. The largest absolute Gasteiger partial charge is 0.456 e. The number of hydrogen-bond donors (Lipinski definition) is 2. The van der Waals surface area contributed by atoms with Gasteiger partial charge in [0.2, 0.25) is 0 Å². The Bertz CT molecular complexity index is 2020. The molecule has 7 aromatic rings. The highest BCUT2D eigenvalue weighted by Gasteiger charge is 2.46. The Balaban J connectivity index is 1.20. The first kappa shape index (κ1) is 26.0. The van der Waals surface area contributed by atoms with Crippen LogP contribution >= 0.6 is 0 Å². The molecular weight excluding hydrogens is 552 g/mol. The second kappa shape index (κ2) is 9.51. The van der Waals surface area contributed by atoms with E-state index in [4.69, 9.17) is 4.42 Å². The Labute approximate surface area is 261 Å². The summed E-state index contributed by atoms with van der Waals surface area (Å²) in [4.78, 5) is 0. The van der Waals surface area contributed by atoms with Crippen LogP contribution in [0.2, 0.25) is 0 Å². The second-order valence-corrected chi connectivity index (χ2v) is 11.9. The quantitative estimate of drug-likeness (QED) is 0.218. The molecule has 6 aromatic carbocycles. The van der Waals surface area contributed by atoms with E-state index in [1.54, 1.807) is 0 Å². The van der Waals surface area contributed by atoms with Crippen LogP contribution in [0.3, 0.4) is 0 Å². The SMILES string of the molecule is OC1(c2ccccc2-c2ccc(-c3ccccc3C3(O)c4ccccc4-c4ccccc43)o2)c2ccccc2-c2ccccc21. The average molecular weight is 581 g/mol. The highest BCUT2D eigenvalue weighted by molar-refractivity contribution is 5.86. The molecule has 0 aliphatic heterocycles. The molecule has 0 fully saturated rings. The number of hydrogen-bond acceptors (Lipinski definition) is 3. The van der Waals surface area contributed by atoms with Gasteiger partial charge in [-0.3, -0.25) is 0 Å². The van der Waals surface area contributed by atoms with Crippen LogP contribution in [0.15, 0.2) is 162 Å². The molecule has 3 heteroatoms. The lowest BCUT2D eigenvalue weighted by atomic mass is 9.81. The Kier molecular flexibility index (Phi) is 5.49. The Morgan fingerprint density at radius 2 is 0.511 bits per heavy atom. The molecule has 9 rings (SSSR count). The molecule has 45 heavy (non-hydrogen) atoms. The van der Waals surface area contributed by atoms with E-state index in [0.717, 1.165) is 66.8 Å². The Morgan fingerprint density at radius 1 is 0.289 bits per heavy atom. The van der Waals surface area contributed by atoms with Crippen LogP contribution in [-0.2, 0) is 11.2 Å². The third-order valence-electron chi connectivity index (χ3n) is 9.62. The molecular formula is C42H28O3. The number of fused-ring (bicyclic) bond motifs is 6. The highest BCUT2D eigenvalue weighted by Crippen LogP contribution is 2.54. The van der Waals surface area contributed by atoms with Gasteiger partial charge in [0.25, 0.3) is 0 Å². The van der Waals surface area contributed by atoms with Gasteiger partial charge in [0, 0.05) is 44.5 Å². The van der Waals surface area contributed by atoms with E-state index in [-0.39, 0.29) is 0 Å². The lowest BCUT2D eigenvalue weighted by Crippen LogP contribution is -2.27. The summed E-state index contributed by atoms with van der Waals surface area (Å²) < 4.78 is 6.68. The van der Waals surface area contributed by atoms with Gasteiger partial charge in [0.15, 0.2) is 0 Å². The average Bonchev–Trinajstić information content (AvgIpc) is 3.78. The van der Waals surface area contributed by atoms with Crippen LogP contribution in [0.25, 0.3) is 44.9 Å². The molecule has 3 nitrogen and oxygen atoms in total. The van der Waals surface area contributed by atoms with Crippen LogP contribution in [0.5, 0.6) is 0 Å². The summed E-state index contributed by atoms with van der Waals surface area (Å²) in [5.74, 6) is 1.29. The molecule has 0 radical (unpaired) electrons. The summed E-state index contributed by atoms with van der Waals surface area (Å²) in [5.41, 5.74) is 8.01. The molecule has 0 spiro atoms. The first-order chi connectivity index (χ1) is 22.1. The van der Waals surface area contributed by atoms with Gasteiger partial charge in [0.1, 0.15) is 22.7 Å². The van der Waals surface area contributed by atoms with Crippen molar-refractivity contribution < 1.29 is 14.6 Å². The van der Waals surface area contributed by atoms with E-state index in [1.807, 2.05) is 133 Å². The zero-order valence-electron chi connectivity index (χ0n) is 24.3. The molecule has 0 atom stereocenters. The van der Waals surface area contributed by atoms with E-state index < -0.39 is 11.2 Å². The van der Waals surface area contributed by atoms with Crippen LogP contribution in [0.4, 0.5) is 0 Å². The van der Waals surface area contributed by atoms with E-state index in [0.29, 0.717) is 11.5 Å². The second-order valence-electron chi connectivity index (χ2n) is 11.9. The first-order valence-electron chi connectivity index (χ1n) is 15.2. The molecule has 2 aliphatic carbocycles. The molecule has 0 bridgehead atoms. The topological polar surface area (TPSA) is 53.6 Å². The van der Waals surface area contributed by atoms with Gasteiger partial charge in [-0.1, -0.05) is 146 Å². The van der Waals surface area contributed by atoms with Crippen molar-refractivity contribution in [3.05, 3.63) is 191 Å². The number of rotatable bonds is 4. The molecule has 0 amide bonds. The number of furan rings is 1. The van der Waals surface area contributed by atoms with Crippen LogP contribution in [-0.4, -0.2) is 10.2 Å². The fourth-order valence-corrected chi connectivity index (χ4v) is 7.66. The molecule has 2 N–H and O–H groups in total. The van der Waals surface area contributed by atoms with Crippen LogP contribution in [0.1, 0.15) is 33.4 Å². The molecule has 0 unspecified atom stereocenters. The van der Waals surface area contributed by atoms with Crippen molar-refractivity contribution >= 4 is 0 Å². The summed E-state index contributed by atoms with van der Waals surface area (Å²) in [7, 11) is 0. The van der Waals surface area contributed by atoms with Gasteiger partial charge >= 0.3 is 0 Å². The van der Waals surface area contributed by atoms with Gasteiger partial charge in [-0.2, -0.15) is 0 Å². The van der Waals surface area contributed by atoms with Crippen molar-refractivity contribution in [3.63, 3.8) is 0 Å². The zero-order chi connectivity index (χ0) is 30.2. The maximum absolute atomic E-state index is 12.7. The van der Waals surface area contributed by atoms with Crippen molar-refractivity contribution in [2.24, 2.45) is 0 Å². The normalized spacial score (nSPS) is 14.8. The zero-order valence-corrected chi connectivity index (χ0v) is 24.3. The first-order valence-corrected chi connectivity index (χ1v) is 15.2. The van der Waals surface area contributed by atoms with Gasteiger partial charge in [-0.25, -0.2) is 0 Å². The third-order valence-corrected chi connectivity index (χ3v) is 9.62. The molecule has 1 aromatic heterocycles. The maximum Gasteiger partial charge on any atom is 0.142 e. The van der Waals surface area contributed by atoms with Crippen molar-refractivity contribution in [2.75, 3.05) is 0 Å². The smallest absolute Gasteiger partial charge is 0.142 e. The fraction of sp³-hybridized carbons (Fsp3) is 0.0476. The minimum absolute atomic E-state index is 0.643. The third kappa shape index (κ3) is 3.48. The molecule has 0 saturated carbocycles. The van der Waals surface area contributed by atoms with Gasteiger partial charge in [0.05, 0.1) is 0 Å². The van der Waals surface area contributed by atoms with Crippen molar-refractivity contribution in [1.29, 1.82) is 0 Å². The van der Waals surface area contributed by atoms with Crippen LogP contribution < -0.4 is 0 Å². The predicted molar refractivity (Wildman–Crippen MR) is 178 cm³/mol. The lowest BCUT2D eigenvalue weighted by Gasteiger charge is -2.29. The van der Waals surface area contributed by atoms with Gasteiger partial charge in [-0.05, 0) is 34.4 Å². The van der Waals surface area contributed by atoms with E-state index in [1.165, 1.54) is 0 Å². The van der Waals surface area contributed by atoms with Crippen molar-refractivity contribution in [3.8, 4) is 44.9 Å². The minimum Gasteiger partial charge on any atom is -0.456 e. The van der Waals surface area contributed by atoms with E-state index in [9.17, 15) is 10.2 Å². The molecule has 214 valence electrons. The summed E-state index contributed by atoms with van der Waals surface area (Å²) in [5, 5.41) is 25.3. The molecule has 1 heterocycles. The van der Waals surface area contributed by atoms with Crippen molar-refractivity contribution in [1.82, 2.24) is 0 Å². The Hall–Kier alpha value is -5.48. The summed E-state index contributed by atoms with van der Waals surface area (Å²) in [6.45, 7) is 0. The van der Waals surface area contributed by atoms with Crippen LogP contribution in [0, 0.1) is 0 Å².